The number of rotatable bonds is 3. The predicted molar refractivity (Wildman–Crippen MR) is 81.0 cm³/mol. The average molecular weight is 300 g/mol. The van der Waals surface area contributed by atoms with E-state index in [1.54, 1.807) is 4.90 Å². The molecule has 2 aromatic rings. The van der Waals surface area contributed by atoms with Crippen LogP contribution in [0, 0.1) is 11.8 Å². The lowest BCUT2D eigenvalue weighted by Gasteiger charge is -2.26. The molecule has 6 nitrogen and oxygen atoms in total. The van der Waals surface area contributed by atoms with Crippen molar-refractivity contribution < 1.29 is 9.42 Å². The van der Waals surface area contributed by atoms with Gasteiger partial charge in [0, 0.05) is 19.6 Å². The van der Waals surface area contributed by atoms with Crippen LogP contribution in [0.4, 0.5) is 4.79 Å². The van der Waals surface area contributed by atoms with Crippen molar-refractivity contribution in [3.63, 3.8) is 0 Å². The van der Waals surface area contributed by atoms with Crippen LogP contribution >= 0.6 is 0 Å². The number of amides is 2. The fraction of sp³-hybridized carbons (Fsp3) is 0.562. The van der Waals surface area contributed by atoms with Crippen molar-refractivity contribution in [3.05, 3.63) is 23.8 Å². The van der Waals surface area contributed by atoms with Crippen LogP contribution < -0.4 is 5.32 Å². The third-order valence-electron chi connectivity index (χ3n) is 5.13. The zero-order chi connectivity index (χ0) is 15.1. The second-order valence-electron chi connectivity index (χ2n) is 6.67. The summed E-state index contributed by atoms with van der Waals surface area (Å²) in [7, 11) is 1.83. The van der Waals surface area contributed by atoms with Gasteiger partial charge in [-0.05, 0) is 59.1 Å². The molecule has 2 fully saturated rings. The highest BCUT2D eigenvalue weighted by atomic mass is 16.6. The third kappa shape index (κ3) is 2.42. The quantitative estimate of drug-likeness (QED) is 0.945. The minimum absolute atomic E-state index is 0.0101. The van der Waals surface area contributed by atoms with Gasteiger partial charge in [0.1, 0.15) is 11.0 Å². The van der Waals surface area contributed by atoms with E-state index in [1.807, 2.05) is 25.2 Å². The molecule has 2 saturated carbocycles. The number of carbonyl (C=O) groups excluding carboxylic acids is 1. The third-order valence-corrected chi connectivity index (χ3v) is 5.13. The lowest BCUT2D eigenvalue weighted by Crippen LogP contribution is -2.44. The number of fused-ring (bicyclic) bond motifs is 3. The molecule has 2 amide bonds. The van der Waals surface area contributed by atoms with E-state index in [1.165, 1.54) is 19.3 Å². The van der Waals surface area contributed by atoms with Gasteiger partial charge in [-0.25, -0.2) is 9.42 Å². The van der Waals surface area contributed by atoms with Gasteiger partial charge in [-0.1, -0.05) is 12.5 Å². The zero-order valence-electron chi connectivity index (χ0n) is 12.7. The maximum Gasteiger partial charge on any atom is 0.317 e. The number of urea groups is 1. The second-order valence-corrected chi connectivity index (χ2v) is 6.67. The molecule has 1 heterocycles. The van der Waals surface area contributed by atoms with E-state index in [2.05, 4.69) is 15.6 Å². The van der Waals surface area contributed by atoms with Crippen molar-refractivity contribution in [1.82, 2.24) is 20.5 Å². The van der Waals surface area contributed by atoms with Crippen LogP contribution in [0.2, 0.25) is 0 Å². The molecule has 116 valence electrons. The Hall–Kier alpha value is -2.11. The Kier molecular flexibility index (Phi) is 3.24. The normalized spacial score (nSPS) is 26.5. The number of nitrogens with one attached hydrogen (secondary N) is 1. The van der Waals surface area contributed by atoms with E-state index in [9.17, 15) is 4.79 Å². The van der Waals surface area contributed by atoms with Gasteiger partial charge < -0.3 is 10.2 Å². The molecule has 0 radical (unpaired) electrons. The fourth-order valence-corrected chi connectivity index (χ4v) is 3.96. The number of nitrogens with zero attached hydrogens (tertiary/aromatic N) is 3. The zero-order valence-corrected chi connectivity index (χ0v) is 12.7. The Balaban J connectivity index is 1.38. The summed E-state index contributed by atoms with van der Waals surface area (Å²) in [5.74, 6) is 1.53. The van der Waals surface area contributed by atoms with Crippen LogP contribution in [-0.2, 0) is 6.54 Å². The molecular formula is C16H20N4O2. The van der Waals surface area contributed by atoms with Gasteiger partial charge in [-0.15, -0.1) is 0 Å². The van der Waals surface area contributed by atoms with Gasteiger partial charge in [-0.3, -0.25) is 0 Å². The van der Waals surface area contributed by atoms with E-state index in [-0.39, 0.29) is 6.03 Å². The van der Waals surface area contributed by atoms with Crippen LogP contribution in [0.5, 0.6) is 0 Å². The SMILES string of the molecule is CN(Cc1ccc2nonc2c1)C(=O)N[C@@H]1C[C@@H]2CC[C@H]1C2. The number of carbonyl (C=O) groups is 1. The molecule has 0 saturated heterocycles. The maximum absolute atomic E-state index is 12.4. The Morgan fingerprint density at radius 2 is 2.18 bits per heavy atom. The van der Waals surface area contributed by atoms with Gasteiger partial charge in [-0.2, -0.15) is 0 Å². The van der Waals surface area contributed by atoms with Crippen molar-refractivity contribution in [1.29, 1.82) is 0 Å². The Bertz CT molecular complexity index is 698. The number of benzene rings is 1. The smallest absolute Gasteiger partial charge is 0.317 e. The summed E-state index contributed by atoms with van der Waals surface area (Å²) in [5, 5.41) is 10.8. The Labute approximate surface area is 128 Å². The summed E-state index contributed by atoms with van der Waals surface area (Å²) in [6.07, 6.45) is 5.07. The largest absolute Gasteiger partial charge is 0.335 e. The summed E-state index contributed by atoms with van der Waals surface area (Å²) < 4.78 is 4.70. The van der Waals surface area contributed by atoms with Crippen LogP contribution in [0.25, 0.3) is 11.0 Å². The van der Waals surface area contributed by atoms with E-state index < -0.39 is 0 Å². The van der Waals surface area contributed by atoms with Gasteiger partial charge in [0.15, 0.2) is 0 Å². The summed E-state index contributed by atoms with van der Waals surface area (Å²) in [4.78, 5) is 14.1. The Morgan fingerprint density at radius 1 is 1.32 bits per heavy atom. The second kappa shape index (κ2) is 5.26. The van der Waals surface area contributed by atoms with Crippen molar-refractivity contribution in [2.45, 2.75) is 38.3 Å². The van der Waals surface area contributed by atoms with Crippen molar-refractivity contribution in [3.8, 4) is 0 Å². The molecule has 0 spiro atoms. The predicted octanol–water partition coefficient (Wildman–Crippen LogP) is 2.55. The molecule has 3 atom stereocenters. The summed E-state index contributed by atoms with van der Waals surface area (Å²) in [6, 6.07) is 6.11. The van der Waals surface area contributed by atoms with Gasteiger partial charge in [0.2, 0.25) is 0 Å². The first-order valence-corrected chi connectivity index (χ1v) is 7.92. The molecule has 6 heteroatoms. The van der Waals surface area contributed by atoms with Gasteiger partial charge in [0.25, 0.3) is 0 Å². The molecule has 2 aliphatic rings. The average Bonchev–Trinajstić information content (AvgIpc) is 3.22. The van der Waals surface area contributed by atoms with E-state index in [0.29, 0.717) is 18.5 Å². The monoisotopic (exact) mass is 300 g/mol. The molecule has 0 unspecified atom stereocenters. The molecule has 4 rings (SSSR count). The lowest BCUT2D eigenvalue weighted by molar-refractivity contribution is 0.197. The van der Waals surface area contributed by atoms with Crippen LogP contribution in [0.1, 0.15) is 31.2 Å². The van der Waals surface area contributed by atoms with Crippen LogP contribution in [-0.4, -0.2) is 34.3 Å². The fourth-order valence-electron chi connectivity index (χ4n) is 3.96. The van der Waals surface area contributed by atoms with Crippen LogP contribution in [0.3, 0.4) is 0 Å². The maximum atomic E-state index is 12.4. The molecule has 1 aromatic carbocycles. The molecule has 0 aliphatic heterocycles. The number of hydrogen-bond donors (Lipinski definition) is 1. The number of hydrogen-bond acceptors (Lipinski definition) is 4. The molecule has 2 bridgehead atoms. The summed E-state index contributed by atoms with van der Waals surface area (Å²) in [5.41, 5.74) is 2.48. The van der Waals surface area contributed by atoms with E-state index >= 15 is 0 Å². The van der Waals surface area contributed by atoms with E-state index in [4.69, 9.17) is 4.63 Å². The Morgan fingerprint density at radius 3 is 2.95 bits per heavy atom. The first-order chi connectivity index (χ1) is 10.7. The van der Waals surface area contributed by atoms with Crippen molar-refractivity contribution in [2.24, 2.45) is 11.8 Å². The van der Waals surface area contributed by atoms with Crippen LogP contribution in [0.15, 0.2) is 22.8 Å². The van der Waals surface area contributed by atoms with Gasteiger partial charge >= 0.3 is 6.03 Å². The highest BCUT2D eigenvalue weighted by molar-refractivity contribution is 5.75. The molecule has 1 N–H and O–H groups in total. The molecule has 1 aromatic heterocycles. The van der Waals surface area contributed by atoms with Gasteiger partial charge in [0.05, 0.1) is 0 Å². The molecular weight excluding hydrogens is 280 g/mol. The minimum Gasteiger partial charge on any atom is -0.335 e. The highest BCUT2D eigenvalue weighted by Gasteiger charge is 2.40. The lowest BCUT2D eigenvalue weighted by atomic mass is 9.95. The highest BCUT2D eigenvalue weighted by Crippen LogP contribution is 2.44. The van der Waals surface area contributed by atoms with Crippen molar-refractivity contribution in [2.75, 3.05) is 7.05 Å². The topological polar surface area (TPSA) is 71.3 Å². The molecule has 22 heavy (non-hydrogen) atoms. The minimum atomic E-state index is 0.0101. The summed E-state index contributed by atoms with van der Waals surface area (Å²) >= 11 is 0. The first kappa shape index (κ1) is 13.5. The standard InChI is InChI=1S/C16H20N4O2/c1-20(9-11-3-5-13-15(8-11)19-22-18-13)16(21)17-14-7-10-2-4-12(14)6-10/h3,5,8,10,12,14H,2,4,6-7,9H2,1H3,(H,17,21)/t10-,12+,14-/m1/s1. The van der Waals surface area contributed by atoms with E-state index in [0.717, 1.165) is 28.9 Å². The first-order valence-electron chi connectivity index (χ1n) is 7.92. The molecule has 2 aliphatic carbocycles. The number of aromatic nitrogens is 2. The summed E-state index contributed by atoms with van der Waals surface area (Å²) in [6.45, 7) is 0.551. The van der Waals surface area contributed by atoms with Crippen molar-refractivity contribution >= 4 is 17.1 Å².